The van der Waals surface area contributed by atoms with Gasteiger partial charge in [0, 0.05) is 23.6 Å². The first kappa shape index (κ1) is 26.9. The van der Waals surface area contributed by atoms with E-state index in [9.17, 15) is 14.9 Å². The van der Waals surface area contributed by atoms with Gasteiger partial charge in [0.15, 0.2) is 15.3 Å². The monoisotopic (exact) mass is 597 g/mol. The zero-order chi connectivity index (χ0) is 28.3. The van der Waals surface area contributed by atoms with Crippen LogP contribution < -0.4 is 16.0 Å². The predicted molar refractivity (Wildman–Crippen MR) is 163 cm³/mol. The van der Waals surface area contributed by atoms with Crippen LogP contribution in [0.4, 0.5) is 10.3 Å². The Hall–Kier alpha value is -4.31. The van der Waals surface area contributed by atoms with Crippen LogP contribution in [0.3, 0.4) is 0 Å². The average Bonchev–Trinajstić information content (AvgIpc) is 3.62. The quantitative estimate of drug-likeness (QED) is 0.256. The molecule has 3 heterocycles. The van der Waals surface area contributed by atoms with Crippen LogP contribution in [0.15, 0.2) is 87.7 Å². The Bertz CT molecular complexity index is 1750. The summed E-state index contributed by atoms with van der Waals surface area (Å²) in [5.41, 5.74) is 10.0. The van der Waals surface area contributed by atoms with Crippen LogP contribution in [-0.2, 0) is 9.59 Å². The van der Waals surface area contributed by atoms with Crippen molar-refractivity contribution in [2.75, 3.05) is 16.0 Å². The molecule has 1 amide bonds. The fourth-order valence-corrected chi connectivity index (χ4v) is 7.43. The second-order valence-corrected chi connectivity index (χ2v) is 12.5. The van der Waals surface area contributed by atoms with Crippen LogP contribution in [0.25, 0.3) is 16.3 Å². The molecule has 6 rings (SSSR count). The minimum Gasteiger partial charge on any atom is -0.384 e. The molecule has 4 aromatic rings. The van der Waals surface area contributed by atoms with Gasteiger partial charge in [-0.25, -0.2) is 4.98 Å². The smallest absolute Gasteiger partial charge is 0.236 e. The number of anilines is 2. The van der Waals surface area contributed by atoms with Gasteiger partial charge in [0.2, 0.25) is 11.0 Å². The van der Waals surface area contributed by atoms with Crippen LogP contribution in [0.2, 0.25) is 0 Å². The summed E-state index contributed by atoms with van der Waals surface area (Å²) in [6.45, 7) is 0. The van der Waals surface area contributed by atoms with Gasteiger partial charge < -0.3 is 11.1 Å². The van der Waals surface area contributed by atoms with Crippen molar-refractivity contribution in [1.82, 2.24) is 15.2 Å². The van der Waals surface area contributed by atoms with E-state index in [1.165, 1.54) is 34.4 Å². The lowest BCUT2D eigenvalue weighted by Crippen LogP contribution is -2.39. The van der Waals surface area contributed by atoms with E-state index in [1.54, 1.807) is 4.90 Å². The van der Waals surface area contributed by atoms with Crippen LogP contribution in [0.5, 0.6) is 0 Å². The average molecular weight is 598 g/mol. The molecule has 2 aliphatic rings. The Labute approximate surface area is 248 Å². The summed E-state index contributed by atoms with van der Waals surface area (Å²) in [6, 6.07) is 19.7. The third-order valence-electron chi connectivity index (χ3n) is 6.69. The number of hydrogen-bond donors (Lipinski definition) is 2. The van der Waals surface area contributed by atoms with Crippen LogP contribution >= 0.6 is 34.4 Å². The standard InChI is InChI=1S/C29H23N7O2S3/c30-15-19-18(14-13-17-7-2-1-3-8-17)25-21(10-6-11-22(25)37)36(26(19)31)28-34-35-29(41-28)39-16-24(38)33-27-32-20-9-4-5-12-23(20)40-27/h1-5,7-9,12-14,18H,6,10-11,16,31H2,(H,32,33,38)/b14-13+. The number of nitriles is 1. The number of nitrogens with two attached hydrogens (primary N) is 1. The second kappa shape index (κ2) is 11.7. The molecule has 0 radical (unpaired) electrons. The van der Waals surface area contributed by atoms with Crippen molar-refractivity contribution in [2.45, 2.75) is 23.6 Å². The maximum Gasteiger partial charge on any atom is 0.236 e. The van der Waals surface area contributed by atoms with Crippen molar-refractivity contribution < 1.29 is 9.59 Å². The zero-order valence-corrected chi connectivity index (χ0v) is 24.1. The van der Waals surface area contributed by atoms with Gasteiger partial charge >= 0.3 is 0 Å². The number of Topliss-reactive ketones (excluding diaryl/α,β-unsaturated/α-hetero) is 1. The normalized spacial score (nSPS) is 17.3. The summed E-state index contributed by atoms with van der Waals surface area (Å²) in [5, 5.41) is 22.5. The number of ketones is 1. The Morgan fingerprint density at radius 3 is 2.76 bits per heavy atom. The third-order valence-corrected chi connectivity index (χ3v) is 9.69. The molecule has 1 atom stereocenters. The van der Waals surface area contributed by atoms with Crippen molar-refractivity contribution in [3.05, 3.63) is 88.9 Å². The molecule has 1 aliphatic carbocycles. The number of nitrogens with zero attached hydrogens (tertiary/aromatic N) is 5. The van der Waals surface area contributed by atoms with Gasteiger partial charge in [0.25, 0.3) is 0 Å². The van der Waals surface area contributed by atoms with E-state index in [1.807, 2.05) is 66.7 Å². The van der Waals surface area contributed by atoms with Crippen LogP contribution in [0.1, 0.15) is 24.8 Å². The molecule has 0 saturated carbocycles. The van der Waals surface area contributed by atoms with Crippen LogP contribution in [-0.4, -0.2) is 32.6 Å². The number of thiazole rings is 1. The van der Waals surface area contributed by atoms with Crippen molar-refractivity contribution in [1.29, 1.82) is 5.26 Å². The van der Waals surface area contributed by atoms with Crippen molar-refractivity contribution in [2.24, 2.45) is 11.7 Å². The molecule has 3 N–H and O–H groups in total. The molecule has 2 aromatic carbocycles. The first-order chi connectivity index (χ1) is 20.0. The number of benzene rings is 2. The van der Waals surface area contributed by atoms with Crippen molar-refractivity contribution in [3.63, 3.8) is 0 Å². The Morgan fingerprint density at radius 1 is 1.15 bits per heavy atom. The number of allylic oxidation sites excluding steroid dienone is 4. The summed E-state index contributed by atoms with van der Waals surface area (Å²) in [7, 11) is 0. The number of thioether (sulfide) groups is 1. The lowest BCUT2D eigenvalue weighted by atomic mass is 9.79. The van der Waals surface area contributed by atoms with Gasteiger partial charge in [-0.2, -0.15) is 5.26 Å². The summed E-state index contributed by atoms with van der Waals surface area (Å²) in [5.74, 6) is -0.370. The highest BCUT2D eigenvalue weighted by Gasteiger charge is 2.39. The molecule has 204 valence electrons. The van der Waals surface area contributed by atoms with Gasteiger partial charge in [0.05, 0.1) is 27.6 Å². The topological polar surface area (TPSA) is 138 Å². The van der Waals surface area contributed by atoms with Crippen LogP contribution in [0, 0.1) is 17.2 Å². The van der Waals surface area contributed by atoms with E-state index < -0.39 is 5.92 Å². The molecule has 0 bridgehead atoms. The van der Waals surface area contributed by atoms with Gasteiger partial charge in [0.1, 0.15) is 5.82 Å². The summed E-state index contributed by atoms with van der Waals surface area (Å²) in [6.07, 6.45) is 5.52. The lowest BCUT2D eigenvalue weighted by Gasteiger charge is -2.37. The van der Waals surface area contributed by atoms with Crippen molar-refractivity contribution in [3.8, 4) is 6.07 Å². The minimum absolute atomic E-state index is 0.00449. The molecular weight excluding hydrogens is 575 g/mol. The maximum atomic E-state index is 13.2. The maximum absolute atomic E-state index is 13.2. The fraction of sp³-hybridized carbons (Fsp3) is 0.172. The van der Waals surface area contributed by atoms with Gasteiger partial charge in [-0.3, -0.25) is 14.5 Å². The Morgan fingerprint density at radius 2 is 1.95 bits per heavy atom. The summed E-state index contributed by atoms with van der Waals surface area (Å²) in [4.78, 5) is 31.9. The molecular formula is C29H23N7O2S3. The van der Waals surface area contributed by atoms with E-state index in [0.29, 0.717) is 45.0 Å². The van der Waals surface area contributed by atoms with Crippen molar-refractivity contribution >= 4 is 72.7 Å². The van der Waals surface area contributed by atoms with E-state index in [4.69, 9.17) is 5.73 Å². The summed E-state index contributed by atoms with van der Waals surface area (Å²) < 4.78 is 1.57. The molecule has 1 unspecified atom stereocenters. The molecule has 0 spiro atoms. The number of nitrogens with one attached hydrogen (secondary N) is 1. The number of fused-ring (bicyclic) bond motifs is 1. The number of amides is 1. The number of hydrogen-bond acceptors (Lipinski definition) is 11. The van der Waals surface area contributed by atoms with E-state index in [0.717, 1.165) is 21.5 Å². The van der Waals surface area contributed by atoms with E-state index >= 15 is 0 Å². The number of carbonyl (C=O) groups excluding carboxylic acids is 2. The highest BCUT2D eigenvalue weighted by atomic mass is 32.2. The third kappa shape index (κ3) is 5.52. The predicted octanol–water partition coefficient (Wildman–Crippen LogP) is 5.73. The number of carbonyl (C=O) groups is 2. The molecule has 0 fully saturated rings. The summed E-state index contributed by atoms with van der Waals surface area (Å²) >= 11 is 3.93. The first-order valence-electron chi connectivity index (χ1n) is 12.8. The SMILES string of the molecule is N#CC1=C(N)N(c2nnc(SCC(=O)Nc3nc4ccccc4s3)s2)C2=C(C(=O)CCC2)C1/C=C/c1ccccc1. The molecule has 41 heavy (non-hydrogen) atoms. The van der Waals surface area contributed by atoms with Gasteiger partial charge in [-0.1, -0.05) is 89.1 Å². The molecule has 1 aliphatic heterocycles. The molecule has 12 heteroatoms. The number of para-hydroxylation sites is 1. The lowest BCUT2D eigenvalue weighted by molar-refractivity contribution is -0.116. The van der Waals surface area contributed by atoms with E-state index in [-0.39, 0.29) is 23.3 Å². The first-order valence-corrected chi connectivity index (χ1v) is 15.4. The Kier molecular flexibility index (Phi) is 7.65. The number of rotatable bonds is 7. The number of aromatic nitrogens is 3. The van der Waals surface area contributed by atoms with E-state index in [2.05, 4.69) is 26.6 Å². The molecule has 9 nitrogen and oxygen atoms in total. The highest BCUT2D eigenvalue weighted by Crippen LogP contribution is 2.44. The minimum atomic E-state index is -0.535. The van der Waals surface area contributed by atoms with Gasteiger partial charge in [-0.05, 0) is 30.5 Å². The molecule has 2 aromatic heterocycles. The second-order valence-electron chi connectivity index (χ2n) is 9.30. The largest absolute Gasteiger partial charge is 0.384 e. The Balaban J connectivity index is 1.22. The highest BCUT2D eigenvalue weighted by molar-refractivity contribution is 8.01. The fourth-order valence-electron chi connectivity index (χ4n) is 4.87. The molecule has 0 saturated heterocycles. The zero-order valence-electron chi connectivity index (χ0n) is 21.6. The van der Waals surface area contributed by atoms with Gasteiger partial charge in [-0.15, -0.1) is 10.2 Å².